The van der Waals surface area contributed by atoms with Crippen LogP contribution in [0.15, 0.2) is 23.1 Å². The molecule has 0 bridgehead atoms. The first-order valence-corrected chi connectivity index (χ1v) is 9.73. The molecule has 2 aliphatic heterocycles. The number of rotatable bonds is 3. The van der Waals surface area contributed by atoms with Crippen LogP contribution in [0.3, 0.4) is 0 Å². The van der Waals surface area contributed by atoms with E-state index in [0.29, 0.717) is 11.4 Å². The molecule has 0 saturated carbocycles. The van der Waals surface area contributed by atoms with Crippen LogP contribution in [0.25, 0.3) is 0 Å². The summed E-state index contributed by atoms with van der Waals surface area (Å²) in [5.41, 5.74) is 1.15. The van der Waals surface area contributed by atoms with Gasteiger partial charge in [-0.2, -0.15) is 8.42 Å². The average molecular weight is 388 g/mol. The highest BCUT2D eigenvalue weighted by Crippen LogP contribution is 2.40. The summed E-state index contributed by atoms with van der Waals surface area (Å²) in [5, 5.41) is -1.03. The maximum Gasteiger partial charge on any atom is 0.415 e. The van der Waals surface area contributed by atoms with E-state index in [2.05, 4.69) is 4.74 Å². The van der Waals surface area contributed by atoms with E-state index in [9.17, 15) is 22.6 Å². The largest absolute Gasteiger partial charge is 0.466 e. The van der Waals surface area contributed by atoms with Crippen molar-refractivity contribution in [1.82, 2.24) is 0 Å². The summed E-state index contributed by atoms with van der Waals surface area (Å²) >= 11 is 1.26. The number of thioether (sulfide) groups is 1. The molecule has 1 saturated heterocycles. The van der Waals surface area contributed by atoms with E-state index in [0.717, 1.165) is 4.90 Å². The molecule has 2 heterocycles. The number of nitrogens with zero attached hydrogens (tertiary/aromatic N) is 2. The minimum Gasteiger partial charge on any atom is -0.466 e. The van der Waals surface area contributed by atoms with Crippen LogP contribution < -0.4 is 9.80 Å². The highest BCUT2D eigenvalue weighted by molar-refractivity contribution is 8.00. The molecule has 1 fully saturated rings. The molecule has 2 atom stereocenters. The Labute approximate surface area is 148 Å². The van der Waals surface area contributed by atoms with Gasteiger partial charge in [-0.3, -0.25) is 9.45 Å². The minimum atomic E-state index is -4.20. The van der Waals surface area contributed by atoms with Gasteiger partial charge in [0.25, 0.3) is 10.1 Å². The molecule has 0 spiro atoms. The second-order valence-corrected chi connectivity index (χ2v) is 8.19. The van der Waals surface area contributed by atoms with E-state index in [1.807, 2.05) is 0 Å². The SMILES string of the molecule is COC(=O)C1CN(c2ccc3c(c2)SCC(S(=O)(=O)O)N3C)C(=O)O1. The predicted molar refractivity (Wildman–Crippen MR) is 90.5 cm³/mol. The summed E-state index contributed by atoms with van der Waals surface area (Å²) in [4.78, 5) is 27.1. The molecule has 9 nitrogen and oxygen atoms in total. The van der Waals surface area contributed by atoms with Crippen LogP contribution in [0.1, 0.15) is 0 Å². The summed E-state index contributed by atoms with van der Waals surface area (Å²) in [7, 11) is -1.41. The van der Waals surface area contributed by atoms with E-state index in [1.54, 1.807) is 25.2 Å². The van der Waals surface area contributed by atoms with E-state index >= 15 is 0 Å². The molecule has 136 valence electrons. The van der Waals surface area contributed by atoms with Gasteiger partial charge in [-0.25, -0.2) is 9.59 Å². The zero-order chi connectivity index (χ0) is 18.4. The lowest BCUT2D eigenvalue weighted by Gasteiger charge is -2.33. The zero-order valence-corrected chi connectivity index (χ0v) is 15.0. The van der Waals surface area contributed by atoms with Crippen molar-refractivity contribution in [3.05, 3.63) is 18.2 Å². The number of hydrogen-bond acceptors (Lipinski definition) is 8. The maximum atomic E-state index is 12.0. The highest BCUT2D eigenvalue weighted by Gasteiger charge is 2.39. The lowest BCUT2D eigenvalue weighted by atomic mass is 10.2. The third-order valence-electron chi connectivity index (χ3n) is 4.07. The van der Waals surface area contributed by atoms with Crippen LogP contribution in [0, 0.1) is 0 Å². The number of anilines is 2. The van der Waals surface area contributed by atoms with E-state index in [-0.39, 0.29) is 12.3 Å². The number of esters is 1. The molecule has 2 aliphatic rings. The van der Waals surface area contributed by atoms with Crippen molar-refractivity contribution < 1.29 is 32.0 Å². The number of fused-ring (bicyclic) bond motifs is 1. The second kappa shape index (κ2) is 6.39. The first-order chi connectivity index (χ1) is 11.7. The number of benzene rings is 1. The summed E-state index contributed by atoms with van der Waals surface area (Å²) in [6.07, 6.45) is -1.63. The Morgan fingerprint density at radius 1 is 1.44 bits per heavy atom. The van der Waals surface area contributed by atoms with Crippen molar-refractivity contribution in [2.24, 2.45) is 0 Å². The number of amides is 1. The van der Waals surface area contributed by atoms with Crippen molar-refractivity contribution in [2.45, 2.75) is 16.4 Å². The summed E-state index contributed by atoms with van der Waals surface area (Å²) in [6.45, 7) is 0.0401. The predicted octanol–water partition coefficient (Wildman–Crippen LogP) is 0.941. The summed E-state index contributed by atoms with van der Waals surface area (Å²) in [6, 6.07) is 5.01. The Kier molecular flexibility index (Phi) is 4.56. The zero-order valence-electron chi connectivity index (χ0n) is 13.4. The van der Waals surface area contributed by atoms with Crippen molar-refractivity contribution >= 4 is 45.3 Å². The van der Waals surface area contributed by atoms with Crippen molar-refractivity contribution in [2.75, 3.05) is 36.3 Å². The van der Waals surface area contributed by atoms with Gasteiger partial charge in [0.15, 0.2) is 5.37 Å². The fraction of sp³-hybridized carbons (Fsp3) is 0.429. The number of cyclic esters (lactones) is 1. The van der Waals surface area contributed by atoms with Gasteiger partial charge in [-0.15, -0.1) is 11.8 Å². The molecule has 2 unspecified atom stereocenters. The van der Waals surface area contributed by atoms with Gasteiger partial charge in [0.05, 0.1) is 19.3 Å². The average Bonchev–Trinajstić information content (AvgIpc) is 2.94. The number of carbonyl (C=O) groups is 2. The Hall–Kier alpha value is -1.98. The molecule has 0 aromatic heterocycles. The molecule has 1 amide bonds. The molecule has 25 heavy (non-hydrogen) atoms. The number of methoxy groups -OCH3 is 1. The maximum absolute atomic E-state index is 12.0. The Balaban J connectivity index is 1.86. The number of ether oxygens (including phenoxy) is 2. The fourth-order valence-corrected chi connectivity index (χ4v) is 5.23. The van der Waals surface area contributed by atoms with Crippen LogP contribution in [0.2, 0.25) is 0 Å². The smallest absolute Gasteiger partial charge is 0.415 e. The van der Waals surface area contributed by atoms with Gasteiger partial charge < -0.3 is 14.4 Å². The highest BCUT2D eigenvalue weighted by atomic mass is 32.2. The van der Waals surface area contributed by atoms with Gasteiger partial charge in [-0.1, -0.05) is 0 Å². The Bertz CT molecular complexity index is 826. The van der Waals surface area contributed by atoms with Gasteiger partial charge in [0.2, 0.25) is 6.10 Å². The molecule has 1 N–H and O–H groups in total. The molecule has 0 radical (unpaired) electrons. The Morgan fingerprint density at radius 3 is 2.80 bits per heavy atom. The lowest BCUT2D eigenvalue weighted by Crippen LogP contribution is -2.42. The summed E-state index contributed by atoms with van der Waals surface area (Å²) < 4.78 is 41.8. The molecular weight excluding hydrogens is 372 g/mol. The van der Waals surface area contributed by atoms with Crippen LogP contribution >= 0.6 is 11.8 Å². The second-order valence-electron chi connectivity index (χ2n) is 5.55. The van der Waals surface area contributed by atoms with Crippen molar-refractivity contribution in [3.63, 3.8) is 0 Å². The van der Waals surface area contributed by atoms with Crippen LogP contribution in [0.4, 0.5) is 16.2 Å². The van der Waals surface area contributed by atoms with E-state index in [4.69, 9.17) is 4.74 Å². The van der Waals surface area contributed by atoms with Gasteiger partial charge in [0.1, 0.15) is 0 Å². The van der Waals surface area contributed by atoms with Crippen LogP contribution in [-0.4, -0.2) is 63.0 Å². The standard InChI is InChI=1S/C14H16N2O7S2/c1-15-9-4-3-8(5-11(9)24-7-12(15)25(19,20)21)16-6-10(13(17)22-2)23-14(16)18/h3-5,10,12H,6-7H2,1-2H3,(H,19,20,21). The normalized spacial score (nSPS) is 23.2. The molecule has 11 heteroatoms. The first-order valence-electron chi connectivity index (χ1n) is 7.24. The quantitative estimate of drug-likeness (QED) is 0.597. The molecule has 1 aromatic rings. The number of carbonyl (C=O) groups excluding carboxylic acids is 2. The summed E-state index contributed by atoms with van der Waals surface area (Å²) in [5.74, 6) is -0.472. The molecule has 3 rings (SSSR count). The minimum absolute atomic E-state index is 0.0401. The topological polar surface area (TPSA) is 113 Å². The van der Waals surface area contributed by atoms with Gasteiger partial charge in [-0.05, 0) is 18.2 Å². The van der Waals surface area contributed by atoms with Crippen LogP contribution in [-0.2, 0) is 24.4 Å². The van der Waals surface area contributed by atoms with E-state index in [1.165, 1.54) is 28.7 Å². The molecular formula is C14H16N2O7S2. The Morgan fingerprint density at radius 2 is 2.16 bits per heavy atom. The van der Waals surface area contributed by atoms with Crippen molar-refractivity contribution in [1.29, 1.82) is 0 Å². The molecule has 1 aromatic carbocycles. The molecule has 0 aliphatic carbocycles. The number of hydrogen-bond donors (Lipinski definition) is 1. The third kappa shape index (κ3) is 3.26. The monoisotopic (exact) mass is 388 g/mol. The third-order valence-corrected chi connectivity index (χ3v) is 6.57. The van der Waals surface area contributed by atoms with Gasteiger partial charge >= 0.3 is 12.1 Å². The van der Waals surface area contributed by atoms with E-state index < -0.39 is 33.7 Å². The van der Waals surface area contributed by atoms with Gasteiger partial charge in [0, 0.05) is 23.4 Å². The fourth-order valence-electron chi connectivity index (χ4n) is 2.72. The van der Waals surface area contributed by atoms with Crippen LogP contribution in [0.5, 0.6) is 0 Å². The first kappa shape index (κ1) is 17.8. The lowest BCUT2D eigenvalue weighted by molar-refractivity contribution is -0.148. The van der Waals surface area contributed by atoms with Crippen molar-refractivity contribution in [3.8, 4) is 0 Å².